The molecular weight excluding hydrogens is 214 g/mol. The molecular formula is C11H16ClNO2. The van der Waals surface area contributed by atoms with Crippen molar-refractivity contribution in [2.45, 2.75) is 44.6 Å². The molecule has 2 unspecified atom stereocenters. The summed E-state index contributed by atoms with van der Waals surface area (Å²) < 4.78 is 11.2. The zero-order chi connectivity index (χ0) is 10.8. The van der Waals surface area contributed by atoms with Crippen LogP contribution in [0.3, 0.4) is 0 Å². The van der Waals surface area contributed by atoms with Crippen LogP contribution in [0.4, 0.5) is 0 Å². The molecule has 1 aromatic heterocycles. The highest BCUT2D eigenvalue weighted by Gasteiger charge is 2.28. The molecule has 2 heterocycles. The molecule has 0 amide bonds. The lowest BCUT2D eigenvalue weighted by Crippen LogP contribution is -1.98. The minimum atomic E-state index is 0.308. The lowest BCUT2D eigenvalue weighted by molar-refractivity contribution is 0.122. The average molecular weight is 230 g/mol. The molecule has 1 saturated heterocycles. The smallest absolute Gasteiger partial charge is 0.200 e. The highest BCUT2D eigenvalue weighted by molar-refractivity contribution is 6.16. The molecule has 0 bridgehead atoms. The summed E-state index contributed by atoms with van der Waals surface area (Å²) in [6.07, 6.45) is 2.17. The predicted molar refractivity (Wildman–Crippen MR) is 58.2 cm³/mol. The van der Waals surface area contributed by atoms with Crippen molar-refractivity contribution in [3.05, 3.63) is 17.3 Å². The van der Waals surface area contributed by atoms with Gasteiger partial charge in [0.05, 0.1) is 30.2 Å². The monoisotopic (exact) mass is 229 g/mol. The maximum Gasteiger partial charge on any atom is 0.200 e. The van der Waals surface area contributed by atoms with Gasteiger partial charge in [0, 0.05) is 0 Å². The number of alkyl halides is 1. The van der Waals surface area contributed by atoms with E-state index in [2.05, 4.69) is 18.8 Å². The summed E-state index contributed by atoms with van der Waals surface area (Å²) in [5.41, 5.74) is 0.986. The maximum atomic E-state index is 5.79. The summed E-state index contributed by atoms with van der Waals surface area (Å²) in [6.45, 7) is 4.85. The van der Waals surface area contributed by atoms with Crippen molar-refractivity contribution in [3.8, 4) is 0 Å². The predicted octanol–water partition coefficient (Wildman–Crippen LogP) is 2.87. The van der Waals surface area contributed by atoms with E-state index in [0.717, 1.165) is 30.2 Å². The minimum Gasteiger partial charge on any atom is -0.444 e. The van der Waals surface area contributed by atoms with Gasteiger partial charge in [-0.15, -0.1) is 11.6 Å². The molecule has 1 aliphatic heterocycles. The molecule has 2 rings (SSSR count). The van der Waals surface area contributed by atoms with Gasteiger partial charge in [0.15, 0.2) is 5.89 Å². The van der Waals surface area contributed by atoms with Gasteiger partial charge in [-0.1, -0.05) is 6.92 Å². The van der Waals surface area contributed by atoms with Crippen LogP contribution in [0.1, 0.15) is 43.5 Å². The van der Waals surface area contributed by atoms with E-state index < -0.39 is 0 Å². The van der Waals surface area contributed by atoms with Crippen molar-refractivity contribution in [3.63, 3.8) is 0 Å². The summed E-state index contributed by atoms with van der Waals surface area (Å²) in [4.78, 5) is 4.48. The summed E-state index contributed by atoms with van der Waals surface area (Å²) in [5, 5.41) is 0. The van der Waals surface area contributed by atoms with E-state index in [9.17, 15) is 0 Å². The van der Waals surface area contributed by atoms with Crippen molar-refractivity contribution in [1.82, 2.24) is 4.98 Å². The van der Waals surface area contributed by atoms with Gasteiger partial charge >= 0.3 is 0 Å². The van der Waals surface area contributed by atoms with E-state index in [1.165, 1.54) is 0 Å². The zero-order valence-electron chi connectivity index (χ0n) is 9.12. The van der Waals surface area contributed by atoms with Crippen LogP contribution >= 0.6 is 11.6 Å². The van der Waals surface area contributed by atoms with Gasteiger partial charge in [-0.3, -0.25) is 0 Å². The fourth-order valence-corrected chi connectivity index (χ4v) is 2.16. The van der Waals surface area contributed by atoms with Gasteiger partial charge in [0.25, 0.3) is 0 Å². The number of aromatic nitrogens is 1. The van der Waals surface area contributed by atoms with Crippen LogP contribution in [0.2, 0.25) is 0 Å². The molecule has 0 saturated carbocycles. The van der Waals surface area contributed by atoms with Crippen LogP contribution in [0.25, 0.3) is 0 Å². The van der Waals surface area contributed by atoms with Crippen molar-refractivity contribution in [2.75, 3.05) is 6.61 Å². The number of hydrogen-bond acceptors (Lipinski definition) is 3. The van der Waals surface area contributed by atoms with Crippen molar-refractivity contribution >= 4 is 11.6 Å². The highest BCUT2D eigenvalue weighted by atomic mass is 35.5. The van der Waals surface area contributed by atoms with E-state index >= 15 is 0 Å². The van der Waals surface area contributed by atoms with Crippen LogP contribution in [0.5, 0.6) is 0 Å². The molecule has 84 valence electrons. The van der Waals surface area contributed by atoms with Crippen LogP contribution in [-0.2, 0) is 17.0 Å². The molecule has 1 aliphatic rings. The third-order valence-corrected chi connectivity index (χ3v) is 3.04. The van der Waals surface area contributed by atoms with Crippen molar-refractivity contribution < 1.29 is 9.15 Å². The molecule has 0 N–H and O–H groups in total. The van der Waals surface area contributed by atoms with E-state index in [0.29, 0.717) is 24.5 Å². The highest BCUT2D eigenvalue weighted by Crippen LogP contribution is 2.30. The Morgan fingerprint density at radius 3 is 2.80 bits per heavy atom. The number of hydrogen-bond donors (Lipinski definition) is 0. The van der Waals surface area contributed by atoms with Crippen LogP contribution in [0.15, 0.2) is 4.42 Å². The van der Waals surface area contributed by atoms with Crippen LogP contribution in [-0.4, -0.2) is 17.7 Å². The fourth-order valence-electron chi connectivity index (χ4n) is 1.95. The summed E-state index contributed by atoms with van der Waals surface area (Å²) >= 11 is 5.79. The molecule has 4 heteroatoms. The number of nitrogens with zero attached hydrogens (tertiary/aromatic N) is 1. The Bertz CT molecular complexity index is 316. The van der Waals surface area contributed by atoms with E-state index in [1.54, 1.807) is 0 Å². The Labute approximate surface area is 94.8 Å². The van der Waals surface area contributed by atoms with Crippen molar-refractivity contribution in [1.29, 1.82) is 0 Å². The summed E-state index contributed by atoms with van der Waals surface area (Å²) in [6, 6.07) is 0. The Morgan fingerprint density at radius 2 is 2.33 bits per heavy atom. The third kappa shape index (κ3) is 2.18. The Hall–Kier alpha value is -0.540. The molecule has 0 spiro atoms. The molecule has 0 aliphatic carbocycles. The molecule has 2 atom stereocenters. The molecule has 3 nitrogen and oxygen atoms in total. The minimum absolute atomic E-state index is 0.308. The maximum absolute atomic E-state index is 5.79. The zero-order valence-corrected chi connectivity index (χ0v) is 9.88. The van der Waals surface area contributed by atoms with E-state index in [4.69, 9.17) is 20.8 Å². The van der Waals surface area contributed by atoms with E-state index in [-0.39, 0.29) is 0 Å². The second-order valence-corrected chi connectivity index (χ2v) is 4.25. The summed E-state index contributed by atoms with van der Waals surface area (Å²) in [7, 11) is 0. The molecule has 1 aromatic rings. The molecule has 0 radical (unpaired) electrons. The Kier molecular flexibility index (Phi) is 3.32. The lowest BCUT2D eigenvalue weighted by Gasteiger charge is -2.00. The fraction of sp³-hybridized carbons (Fsp3) is 0.727. The first kappa shape index (κ1) is 11.0. The number of ether oxygens (including phenoxy) is 1. The quantitative estimate of drug-likeness (QED) is 0.748. The SMILES string of the molecule is CCc1nc(C2COC(C)C2)oc1CCl. The van der Waals surface area contributed by atoms with Crippen LogP contribution in [0, 0.1) is 0 Å². The molecule has 1 fully saturated rings. The van der Waals surface area contributed by atoms with Gasteiger partial charge in [-0.2, -0.15) is 0 Å². The van der Waals surface area contributed by atoms with Crippen molar-refractivity contribution in [2.24, 2.45) is 0 Å². The number of oxazole rings is 1. The Morgan fingerprint density at radius 1 is 1.53 bits per heavy atom. The van der Waals surface area contributed by atoms with Gasteiger partial charge < -0.3 is 9.15 Å². The largest absolute Gasteiger partial charge is 0.444 e. The molecule has 15 heavy (non-hydrogen) atoms. The molecule has 0 aromatic carbocycles. The van der Waals surface area contributed by atoms with Gasteiger partial charge in [0.2, 0.25) is 0 Å². The second kappa shape index (κ2) is 4.54. The second-order valence-electron chi connectivity index (χ2n) is 3.99. The first-order chi connectivity index (χ1) is 7.24. The Balaban J connectivity index is 2.18. The topological polar surface area (TPSA) is 35.3 Å². The number of aryl methyl sites for hydroxylation is 1. The number of rotatable bonds is 3. The first-order valence-corrected chi connectivity index (χ1v) is 5.94. The van der Waals surface area contributed by atoms with Gasteiger partial charge in [-0.25, -0.2) is 4.98 Å². The summed E-state index contributed by atoms with van der Waals surface area (Å²) in [5.74, 6) is 2.32. The number of halogens is 1. The lowest BCUT2D eigenvalue weighted by atomic mass is 10.1. The van der Waals surface area contributed by atoms with Gasteiger partial charge in [0.1, 0.15) is 5.76 Å². The standard InChI is InChI=1S/C11H16ClNO2/c1-3-9-10(5-12)15-11(13-9)8-4-7(2)14-6-8/h7-8H,3-6H2,1-2H3. The average Bonchev–Trinajstić information content (AvgIpc) is 2.82. The normalized spacial score (nSPS) is 26.1. The van der Waals surface area contributed by atoms with Crippen LogP contribution < -0.4 is 0 Å². The van der Waals surface area contributed by atoms with E-state index in [1.807, 2.05) is 0 Å². The third-order valence-electron chi connectivity index (χ3n) is 2.80. The first-order valence-electron chi connectivity index (χ1n) is 5.40. The van der Waals surface area contributed by atoms with Gasteiger partial charge in [-0.05, 0) is 19.8 Å².